The van der Waals surface area contributed by atoms with Crippen molar-refractivity contribution < 1.29 is 0 Å². The van der Waals surface area contributed by atoms with E-state index in [1.54, 1.807) is 0 Å². The molecule has 0 aliphatic heterocycles. The summed E-state index contributed by atoms with van der Waals surface area (Å²) >= 11 is 14.7. The Bertz CT molecular complexity index is 620. The monoisotopic (exact) mass is 508 g/mol. The van der Waals surface area contributed by atoms with Gasteiger partial charge in [0.2, 0.25) is 0 Å². The number of rotatable bonds is 2. The molecule has 0 saturated heterocycles. The van der Waals surface area contributed by atoms with Crippen molar-refractivity contribution in [1.82, 2.24) is 0 Å². The van der Waals surface area contributed by atoms with Crippen molar-refractivity contribution in [2.45, 2.75) is 18.7 Å². The van der Waals surface area contributed by atoms with Crippen LogP contribution in [0.15, 0.2) is 43.7 Å². The van der Waals surface area contributed by atoms with Gasteiger partial charge in [0.05, 0.1) is 4.83 Å². The summed E-state index contributed by atoms with van der Waals surface area (Å²) in [5, 5.41) is 0. The van der Waals surface area contributed by atoms with Gasteiger partial charge in [0.1, 0.15) is 0 Å². The van der Waals surface area contributed by atoms with E-state index in [9.17, 15) is 0 Å². The lowest BCUT2D eigenvalue weighted by Gasteiger charge is -2.16. The molecule has 0 spiro atoms. The second-order valence-electron chi connectivity index (χ2n) is 4.51. The molecular weight excluding hydrogens is 500 g/mol. The molecule has 0 aliphatic rings. The zero-order valence-corrected chi connectivity index (χ0v) is 16.8. The normalized spacial score (nSPS) is 12.5. The molecule has 0 nitrogen and oxygen atoms in total. The molecule has 2 aromatic carbocycles. The Labute approximate surface area is 147 Å². The molecule has 0 bridgehead atoms. The predicted octanol–water partition coefficient (Wildman–Crippen LogP) is 7.08. The summed E-state index contributed by atoms with van der Waals surface area (Å²) in [6.45, 7) is 4.18. The number of hydrogen-bond acceptors (Lipinski definition) is 0. The Morgan fingerprint density at radius 2 is 1.42 bits per heavy atom. The molecule has 0 N–H and O–H groups in total. The maximum Gasteiger partial charge on any atom is 0.0666 e. The van der Waals surface area contributed by atoms with Crippen molar-refractivity contribution in [1.29, 1.82) is 0 Å². The van der Waals surface area contributed by atoms with Crippen molar-refractivity contribution in [3.05, 3.63) is 66.0 Å². The molecule has 4 heteroatoms. The highest BCUT2D eigenvalue weighted by atomic mass is 79.9. The van der Waals surface area contributed by atoms with Crippen molar-refractivity contribution in [2.24, 2.45) is 0 Å². The smallest absolute Gasteiger partial charge is 0.0666 e. The fourth-order valence-electron chi connectivity index (χ4n) is 1.86. The highest BCUT2D eigenvalue weighted by Gasteiger charge is 2.17. The van der Waals surface area contributed by atoms with E-state index < -0.39 is 0 Å². The number of hydrogen-bond donors (Lipinski definition) is 0. The van der Waals surface area contributed by atoms with Crippen LogP contribution in [0.1, 0.15) is 27.1 Å². The highest BCUT2D eigenvalue weighted by Crippen LogP contribution is 2.40. The third-order valence-electron chi connectivity index (χ3n) is 2.98. The maximum atomic E-state index is 3.80. The lowest BCUT2D eigenvalue weighted by atomic mass is 10.0. The van der Waals surface area contributed by atoms with Gasteiger partial charge in [-0.1, -0.05) is 75.9 Å². The highest BCUT2D eigenvalue weighted by molar-refractivity contribution is 9.11. The number of halogens is 4. The average molecular weight is 512 g/mol. The lowest BCUT2D eigenvalue weighted by Crippen LogP contribution is -1.97. The van der Waals surface area contributed by atoms with Crippen LogP contribution in [0.2, 0.25) is 0 Å². The molecule has 0 aromatic heterocycles. The predicted molar refractivity (Wildman–Crippen MR) is 96.2 cm³/mol. The van der Waals surface area contributed by atoms with E-state index in [1.165, 1.54) is 22.3 Å². The maximum absolute atomic E-state index is 3.80. The van der Waals surface area contributed by atoms with Crippen molar-refractivity contribution in [3.63, 3.8) is 0 Å². The first-order valence-electron chi connectivity index (χ1n) is 5.76. The van der Waals surface area contributed by atoms with Gasteiger partial charge in [-0.3, -0.25) is 0 Å². The molecule has 2 rings (SSSR count). The molecule has 0 heterocycles. The largest absolute Gasteiger partial charge is 0.0786 e. The summed E-state index contributed by atoms with van der Waals surface area (Å²) in [5.41, 5.74) is 4.90. The fraction of sp³-hybridized carbons (Fsp3) is 0.200. The first-order chi connectivity index (χ1) is 8.90. The van der Waals surface area contributed by atoms with Crippen LogP contribution >= 0.6 is 63.7 Å². The summed E-state index contributed by atoms with van der Waals surface area (Å²) in [6.07, 6.45) is 0. The Morgan fingerprint density at radius 3 is 2.05 bits per heavy atom. The van der Waals surface area contributed by atoms with Gasteiger partial charge < -0.3 is 0 Å². The van der Waals surface area contributed by atoms with Gasteiger partial charge >= 0.3 is 0 Å². The Balaban J connectivity index is 2.49. The summed E-state index contributed by atoms with van der Waals surface area (Å²) in [7, 11) is 0. The van der Waals surface area contributed by atoms with Crippen LogP contribution in [0.3, 0.4) is 0 Å². The average Bonchev–Trinajstić information content (AvgIpc) is 2.33. The molecule has 1 unspecified atom stereocenters. The van der Waals surface area contributed by atoms with Gasteiger partial charge in [-0.05, 0) is 54.3 Å². The standard InChI is InChI=1S/C15H12Br4/c1-8-3-4-10(13(17)5-8)15(19)11-7-12(16)9(2)6-14(11)18/h3-7,15H,1-2H3. The molecule has 1 atom stereocenters. The van der Waals surface area contributed by atoms with E-state index >= 15 is 0 Å². The molecule has 0 amide bonds. The van der Waals surface area contributed by atoms with Crippen molar-refractivity contribution in [2.75, 3.05) is 0 Å². The molecule has 0 aliphatic carbocycles. The van der Waals surface area contributed by atoms with Gasteiger partial charge in [0.25, 0.3) is 0 Å². The van der Waals surface area contributed by atoms with E-state index in [0.29, 0.717) is 0 Å². The van der Waals surface area contributed by atoms with E-state index in [4.69, 9.17) is 0 Å². The first kappa shape index (κ1) is 15.7. The molecule has 0 saturated carbocycles. The van der Waals surface area contributed by atoms with Gasteiger partial charge in [-0.25, -0.2) is 0 Å². The quantitative estimate of drug-likeness (QED) is 0.378. The summed E-state index contributed by atoms with van der Waals surface area (Å²) in [6, 6.07) is 10.7. The van der Waals surface area contributed by atoms with Gasteiger partial charge in [-0.15, -0.1) is 0 Å². The number of benzene rings is 2. The van der Waals surface area contributed by atoms with Crippen LogP contribution < -0.4 is 0 Å². The Kier molecular flexibility index (Phi) is 5.32. The second-order valence-corrected chi connectivity index (χ2v) is 7.99. The van der Waals surface area contributed by atoms with Crippen LogP contribution in [0.4, 0.5) is 0 Å². The Morgan fingerprint density at radius 1 is 0.789 bits per heavy atom. The summed E-state index contributed by atoms with van der Waals surface area (Å²) < 4.78 is 3.36. The van der Waals surface area contributed by atoms with Crippen LogP contribution in [0, 0.1) is 13.8 Å². The van der Waals surface area contributed by atoms with Crippen molar-refractivity contribution >= 4 is 63.7 Å². The second kappa shape index (κ2) is 6.42. The van der Waals surface area contributed by atoms with E-state index in [-0.39, 0.29) is 4.83 Å². The van der Waals surface area contributed by atoms with E-state index in [1.807, 2.05) is 0 Å². The Hall–Kier alpha value is 0.360. The van der Waals surface area contributed by atoms with Crippen LogP contribution in [-0.2, 0) is 0 Å². The van der Waals surface area contributed by atoms with Crippen molar-refractivity contribution in [3.8, 4) is 0 Å². The van der Waals surface area contributed by atoms with Gasteiger partial charge in [0.15, 0.2) is 0 Å². The van der Waals surface area contributed by atoms with Gasteiger partial charge in [0, 0.05) is 13.4 Å². The zero-order valence-electron chi connectivity index (χ0n) is 10.5. The van der Waals surface area contributed by atoms with E-state index in [2.05, 4.69) is 108 Å². The first-order valence-corrected chi connectivity index (χ1v) is 9.05. The molecule has 0 radical (unpaired) electrons. The number of alkyl halides is 1. The molecular formula is C15H12Br4. The fourth-order valence-corrected chi connectivity index (χ4v) is 5.02. The molecule has 19 heavy (non-hydrogen) atoms. The zero-order chi connectivity index (χ0) is 14.2. The van der Waals surface area contributed by atoms with Crippen LogP contribution in [0.5, 0.6) is 0 Å². The van der Waals surface area contributed by atoms with Crippen LogP contribution in [0.25, 0.3) is 0 Å². The molecule has 0 fully saturated rings. The summed E-state index contributed by atoms with van der Waals surface area (Å²) in [5.74, 6) is 0. The van der Waals surface area contributed by atoms with E-state index in [0.717, 1.165) is 13.4 Å². The van der Waals surface area contributed by atoms with Gasteiger partial charge in [-0.2, -0.15) is 0 Å². The number of aryl methyl sites for hydroxylation is 2. The third kappa shape index (κ3) is 3.52. The van der Waals surface area contributed by atoms with Crippen LogP contribution in [-0.4, -0.2) is 0 Å². The summed E-state index contributed by atoms with van der Waals surface area (Å²) in [4.78, 5) is 0.147. The topological polar surface area (TPSA) is 0 Å². The minimum absolute atomic E-state index is 0.147. The third-order valence-corrected chi connectivity index (χ3v) is 6.19. The SMILES string of the molecule is Cc1ccc(C(Br)c2cc(Br)c(C)cc2Br)c(Br)c1. The minimum atomic E-state index is 0.147. The minimum Gasteiger partial charge on any atom is -0.0786 e. The molecule has 2 aromatic rings. The molecule has 100 valence electrons. The lowest BCUT2D eigenvalue weighted by molar-refractivity contribution is 1.13.